The van der Waals surface area contributed by atoms with Gasteiger partial charge in [0.05, 0.1) is 10.7 Å². The van der Waals surface area contributed by atoms with Gasteiger partial charge in [-0.2, -0.15) is 0 Å². The molecular weight excluding hydrogens is 240 g/mol. The molecule has 1 aromatic carbocycles. The number of nitrogens with zero attached hydrogens (tertiary/aromatic N) is 1. The molecule has 18 heavy (non-hydrogen) atoms. The van der Waals surface area contributed by atoms with E-state index in [0.717, 1.165) is 22.8 Å². The molecule has 0 aliphatic carbocycles. The topological polar surface area (TPSA) is 38.9 Å². The molecule has 0 unspecified atom stereocenters. The van der Waals surface area contributed by atoms with Crippen LogP contribution in [0.3, 0.4) is 0 Å². The Kier molecular flexibility index (Phi) is 3.71. The highest BCUT2D eigenvalue weighted by molar-refractivity contribution is 7.11. The molecule has 1 heterocycles. The number of hydrogen-bond acceptors (Lipinski definition) is 3. The second kappa shape index (κ2) is 5.11. The minimum atomic E-state index is 0.522. The van der Waals surface area contributed by atoms with Gasteiger partial charge >= 0.3 is 0 Å². The van der Waals surface area contributed by atoms with Crippen LogP contribution in [0.1, 0.15) is 46.5 Å². The number of hydrogen-bond donors (Lipinski definition) is 1. The predicted octanol–water partition coefficient (Wildman–Crippen LogP) is 4.06. The summed E-state index contributed by atoms with van der Waals surface area (Å²) in [6, 6.07) is 6.43. The molecule has 0 fully saturated rings. The molecule has 0 radical (unpaired) electrons. The van der Waals surface area contributed by atoms with E-state index in [1.165, 1.54) is 16.0 Å². The molecule has 0 bridgehead atoms. The van der Waals surface area contributed by atoms with Crippen molar-refractivity contribution in [3.05, 3.63) is 44.9 Å². The molecule has 0 aliphatic rings. The zero-order valence-corrected chi connectivity index (χ0v) is 12.3. The Morgan fingerprint density at radius 1 is 1.28 bits per heavy atom. The molecule has 96 valence electrons. The maximum atomic E-state index is 6.15. The fourth-order valence-corrected chi connectivity index (χ4v) is 3.00. The van der Waals surface area contributed by atoms with E-state index in [0.29, 0.717) is 5.92 Å². The zero-order valence-electron chi connectivity index (χ0n) is 11.4. The molecule has 0 atom stereocenters. The van der Waals surface area contributed by atoms with Gasteiger partial charge in [-0.25, -0.2) is 4.98 Å². The van der Waals surface area contributed by atoms with Crippen LogP contribution in [0.4, 0.5) is 5.69 Å². The van der Waals surface area contributed by atoms with E-state index < -0.39 is 0 Å². The molecule has 0 saturated heterocycles. The lowest BCUT2D eigenvalue weighted by atomic mass is 9.99. The number of aryl methyl sites for hydroxylation is 2. The van der Waals surface area contributed by atoms with Crippen molar-refractivity contribution in [2.75, 3.05) is 5.73 Å². The van der Waals surface area contributed by atoms with Gasteiger partial charge in [-0.05, 0) is 37.0 Å². The Morgan fingerprint density at radius 2 is 2.00 bits per heavy atom. The van der Waals surface area contributed by atoms with Crippen LogP contribution in [-0.2, 0) is 6.42 Å². The minimum Gasteiger partial charge on any atom is -0.398 e. The van der Waals surface area contributed by atoms with Crippen molar-refractivity contribution in [1.82, 2.24) is 4.98 Å². The van der Waals surface area contributed by atoms with Crippen molar-refractivity contribution in [2.24, 2.45) is 0 Å². The summed E-state index contributed by atoms with van der Waals surface area (Å²) in [5, 5.41) is 1.12. The molecule has 3 heteroatoms. The van der Waals surface area contributed by atoms with E-state index in [2.05, 4.69) is 44.0 Å². The van der Waals surface area contributed by atoms with E-state index >= 15 is 0 Å². The molecule has 0 amide bonds. The summed E-state index contributed by atoms with van der Waals surface area (Å²) in [6.45, 7) is 8.49. The highest BCUT2D eigenvalue weighted by Gasteiger charge is 2.09. The van der Waals surface area contributed by atoms with Crippen LogP contribution in [0, 0.1) is 13.8 Å². The Morgan fingerprint density at radius 3 is 2.50 bits per heavy atom. The van der Waals surface area contributed by atoms with Crippen LogP contribution in [-0.4, -0.2) is 4.98 Å². The smallest absolute Gasteiger partial charge is 0.0900 e. The Labute approximate surface area is 113 Å². The highest BCUT2D eigenvalue weighted by atomic mass is 32.1. The lowest BCUT2D eigenvalue weighted by Crippen LogP contribution is -1.98. The average molecular weight is 260 g/mol. The molecule has 2 nitrogen and oxygen atoms in total. The van der Waals surface area contributed by atoms with Gasteiger partial charge in [0.25, 0.3) is 0 Å². The van der Waals surface area contributed by atoms with Crippen LogP contribution >= 0.6 is 11.3 Å². The largest absolute Gasteiger partial charge is 0.398 e. The van der Waals surface area contributed by atoms with Gasteiger partial charge < -0.3 is 5.73 Å². The van der Waals surface area contributed by atoms with E-state index in [1.54, 1.807) is 11.3 Å². The summed E-state index contributed by atoms with van der Waals surface area (Å²) in [5.41, 5.74) is 10.7. The highest BCUT2D eigenvalue weighted by Crippen LogP contribution is 2.26. The van der Waals surface area contributed by atoms with E-state index in [4.69, 9.17) is 5.73 Å². The summed E-state index contributed by atoms with van der Waals surface area (Å²) in [4.78, 5) is 5.78. The van der Waals surface area contributed by atoms with Gasteiger partial charge in [-0.15, -0.1) is 11.3 Å². The van der Waals surface area contributed by atoms with Crippen molar-refractivity contribution < 1.29 is 0 Å². The number of nitrogen functional groups attached to an aromatic ring is 1. The fourth-order valence-electron chi connectivity index (χ4n) is 2.04. The first-order chi connectivity index (χ1) is 8.47. The van der Waals surface area contributed by atoms with Crippen LogP contribution < -0.4 is 5.73 Å². The van der Waals surface area contributed by atoms with Crippen LogP contribution in [0.5, 0.6) is 0 Å². The first-order valence-corrected chi connectivity index (χ1v) is 7.10. The van der Waals surface area contributed by atoms with Crippen molar-refractivity contribution in [3.8, 4) is 0 Å². The molecule has 0 aliphatic heterocycles. The molecule has 2 aromatic rings. The number of nitrogens with two attached hydrogens (primary N) is 1. The van der Waals surface area contributed by atoms with Gasteiger partial charge in [0.1, 0.15) is 0 Å². The first kappa shape index (κ1) is 13.1. The van der Waals surface area contributed by atoms with Crippen molar-refractivity contribution in [3.63, 3.8) is 0 Å². The second-order valence-corrected chi connectivity index (χ2v) is 6.32. The number of aromatic nitrogens is 1. The SMILES string of the molecule is Cc1nc(C)c(Cc2ccc(C(C)C)cc2N)s1. The van der Waals surface area contributed by atoms with Gasteiger partial charge in [0.2, 0.25) is 0 Å². The number of thiazole rings is 1. The molecule has 0 saturated carbocycles. The third-order valence-corrected chi connectivity index (χ3v) is 4.26. The normalized spacial score (nSPS) is 11.2. The van der Waals surface area contributed by atoms with Gasteiger partial charge in [-0.3, -0.25) is 0 Å². The lowest BCUT2D eigenvalue weighted by Gasteiger charge is -2.10. The van der Waals surface area contributed by atoms with Crippen LogP contribution in [0.15, 0.2) is 18.2 Å². The summed E-state index contributed by atoms with van der Waals surface area (Å²) >= 11 is 1.76. The Balaban J connectivity index is 2.27. The zero-order chi connectivity index (χ0) is 13.3. The van der Waals surface area contributed by atoms with Crippen molar-refractivity contribution >= 4 is 17.0 Å². The lowest BCUT2D eigenvalue weighted by molar-refractivity contribution is 0.866. The maximum Gasteiger partial charge on any atom is 0.0900 e. The Bertz CT molecular complexity index is 556. The standard InChI is InChI=1S/C15H20N2S/c1-9(2)12-5-6-13(14(16)7-12)8-15-10(3)17-11(4)18-15/h5-7,9H,8,16H2,1-4H3. The van der Waals surface area contributed by atoms with Gasteiger partial charge in [0, 0.05) is 17.0 Å². The van der Waals surface area contributed by atoms with Crippen LogP contribution in [0.2, 0.25) is 0 Å². The van der Waals surface area contributed by atoms with Crippen molar-refractivity contribution in [2.45, 2.75) is 40.0 Å². The summed E-state index contributed by atoms with van der Waals surface area (Å²) in [5.74, 6) is 0.522. The van der Waals surface area contributed by atoms with Crippen LogP contribution in [0.25, 0.3) is 0 Å². The maximum absolute atomic E-state index is 6.15. The number of benzene rings is 1. The van der Waals surface area contributed by atoms with Gasteiger partial charge in [-0.1, -0.05) is 26.0 Å². The number of rotatable bonds is 3. The van der Waals surface area contributed by atoms with E-state index in [1.807, 2.05) is 6.92 Å². The van der Waals surface area contributed by atoms with E-state index in [-0.39, 0.29) is 0 Å². The second-order valence-electron chi connectivity index (χ2n) is 5.03. The Hall–Kier alpha value is -1.35. The third-order valence-electron chi connectivity index (χ3n) is 3.19. The van der Waals surface area contributed by atoms with Crippen molar-refractivity contribution in [1.29, 1.82) is 0 Å². The molecular formula is C15H20N2S. The predicted molar refractivity (Wildman–Crippen MR) is 79.3 cm³/mol. The van der Waals surface area contributed by atoms with Gasteiger partial charge in [0.15, 0.2) is 0 Å². The van der Waals surface area contributed by atoms with E-state index in [9.17, 15) is 0 Å². The molecule has 0 spiro atoms. The average Bonchev–Trinajstić information content (AvgIpc) is 2.60. The first-order valence-electron chi connectivity index (χ1n) is 6.28. The summed E-state index contributed by atoms with van der Waals surface area (Å²) in [6.07, 6.45) is 0.890. The number of anilines is 1. The fraction of sp³-hybridized carbons (Fsp3) is 0.400. The molecule has 2 N–H and O–H groups in total. The molecule has 1 aromatic heterocycles. The summed E-state index contributed by atoms with van der Waals surface area (Å²) in [7, 11) is 0. The minimum absolute atomic E-state index is 0.522. The quantitative estimate of drug-likeness (QED) is 0.845. The monoisotopic (exact) mass is 260 g/mol. The third kappa shape index (κ3) is 2.72. The molecule has 2 rings (SSSR count). The summed E-state index contributed by atoms with van der Waals surface area (Å²) < 4.78 is 0.